The van der Waals surface area contributed by atoms with E-state index in [9.17, 15) is 8.78 Å². The Bertz CT molecular complexity index is 298. The van der Waals surface area contributed by atoms with Gasteiger partial charge in [-0.1, -0.05) is 0 Å². The van der Waals surface area contributed by atoms with Crippen LogP contribution in [0.15, 0.2) is 0 Å². The first-order valence-corrected chi connectivity index (χ1v) is 2.74. The fourth-order valence-electron chi connectivity index (χ4n) is 0.648. The van der Waals surface area contributed by atoms with E-state index in [1.807, 2.05) is 0 Å². The Morgan fingerprint density at radius 3 is 2.55 bits per heavy atom. The standard InChI is InChI=1S/C5H4F2N4/c1-11-9-3(2-8)4(10-11)5(6)7/h5H,1H3. The SMILES string of the molecule is Cn1nc(C#N)c(C(F)F)n1. The number of hydrogen-bond acceptors (Lipinski definition) is 3. The van der Waals surface area contributed by atoms with Crippen molar-refractivity contribution in [2.24, 2.45) is 7.05 Å². The second kappa shape index (κ2) is 2.62. The lowest BCUT2D eigenvalue weighted by Crippen LogP contribution is -1.93. The molecule has 0 atom stereocenters. The molecule has 1 aromatic rings. The van der Waals surface area contributed by atoms with E-state index in [4.69, 9.17) is 5.26 Å². The van der Waals surface area contributed by atoms with Crippen molar-refractivity contribution < 1.29 is 8.78 Å². The van der Waals surface area contributed by atoms with Crippen molar-refractivity contribution in [1.82, 2.24) is 15.0 Å². The Kier molecular flexibility index (Phi) is 1.81. The summed E-state index contributed by atoms with van der Waals surface area (Å²) in [6, 6.07) is 1.52. The maximum Gasteiger partial charge on any atom is 0.285 e. The second-order valence-electron chi connectivity index (χ2n) is 1.84. The molecule has 11 heavy (non-hydrogen) atoms. The summed E-state index contributed by atoms with van der Waals surface area (Å²) >= 11 is 0. The summed E-state index contributed by atoms with van der Waals surface area (Å²) in [5, 5.41) is 15.0. The Balaban J connectivity index is 3.15. The normalized spacial score (nSPS) is 10.1. The van der Waals surface area contributed by atoms with Crippen LogP contribution in [0.25, 0.3) is 0 Å². The molecule has 0 aliphatic rings. The van der Waals surface area contributed by atoms with Gasteiger partial charge in [-0.05, 0) is 0 Å². The van der Waals surface area contributed by atoms with Crippen LogP contribution in [0, 0.1) is 11.3 Å². The van der Waals surface area contributed by atoms with Crippen LogP contribution >= 0.6 is 0 Å². The van der Waals surface area contributed by atoms with E-state index in [0.717, 1.165) is 4.80 Å². The van der Waals surface area contributed by atoms with E-state index in [0.29, 0.717) is 0 Å². The van der Waals surface area contributed by atoms with Gasteiger partial charge in [0.15, 0.2) is 11.4 Å². The van der Waals surface area contributed by atoms with Crippen molar-refractivity contribution in [2.75, 3.05) is 0 Å². The van der Waals surface area contributed by atoms with Gasteiger partial charge in [0.05, 0.1) is 0 Å². The fraction of sp³-hybridized carbons (Fsp3) is 0.400. The lowest BCUT2D eigenvalue weighted by molar-refractivity contribution is 0.145. The minimum Gasteiger partial charge on any atom is -0.203 e. The van der Waals surface area contributed by atoms with Gasteiger partial charge in [0.25, 0.3) is 6.43 Å². The molecule has 0 saturated carbocycles. The highest BCUT2D eigenvalue weighted by Crippen LogP contribution is 2.17. The van der Waals surface area contributed by atoms with Gasteiger partial charge >= 0.3 is 0 Å². The van der Waals surface area contributed by atoms with Crippen molar-refractivity contribution in [3.05, 3.63) is 11.4 Å². The third kappa shape index (κ3) is 1.32. The van der Waals surface area contributed by atoms with E-state index < -0.39 is 12.1 Å². The lowest BCUT2D eigenvalue weighted by Gasteiger charge is -1.88. The van der Waals surface area contributed by atoms with Gasteiger partial charge in [-0.25, -0.2) is 8.78 Å². The maximum atomic E-state index is 12.0. The highest BCUT2D eigenvalue weighted by atomic mass is 19.3. The Morgan fingerprint density at radius 1 is 1.55 bits per heavy atom. The summed E-state index contributed by atoms with van der Waals surface area (Å²) in [5.74, 6) is 0. The van der Waals surface area contributed by atoms with E-state index in [1.54, 1.807) is 0 Å². The molecule has 0 aliphatic carbocycles. The molecule has 1 rings (SSSR count). The average molecular weight is 158 g/mol. The summed E-state index contributed by atoms with van der Waals surface area (Å²) in [7, 11) is 1.38. The molecule has 0 saturated heterocycles. The number of nitriles is 1. The molecule has 1 heterocycles. The monoisotopic (exact) mass is 158 g/mol. The van der Waals surface area contributed by atoms with Gasteiger partial charge in [-0.3, -0.25) is 0 Å². The molecule has 4 nitrogen and oxygen atoms in total. The minimum absolute atomic E-state index is 0.317. The Hall–Kier alpha value is -1.51. The molecule has 0 aliphatic heterocycles. The number of rotatable bonds is 1. The first-order valence-electron chi connectivity index (χ1n) is 2.74. The Morgan fingerprint density at radius 2 is 2.18 bits per heavy atom. The summed E-state index contributed by atoms with van der Waals surface area (Å²) in [4.78, 5) is 0.944. The maximum absolute atomic E-state index is 12.0. The van der Waals surface area contributed by atoms with Crippen LogP contribution in [0.1, 0.15) is 17.8 Å². The molecule has 0 aromatic carbocycles. The lowest BCUT2D eigenvalue weighted by atomic mass is 10.3. The van der Waals surface area contributed by atoms with Gasteiger partial charge in [-0.2, -0.15) is 15.2 Å². The molecule has 0 amide bonds. The number of hydrogen-bond donors (Lipinski definition) is 0. The van der Waals surface area contributed by atoms with Gasteiger partial charge in [0, 0.05) is 7.05 Å². The molecule has 6 heteroatoms. The number of nitrogens with zero attached hydrogens (tertiary/aromatic N) is 4. The Labute approximate surface area is 61.0 Å². The quantitative estimate of drug-likeness (QED) is 0.602. The smallest absolute Gasteiger partial charge is 0.203 e. The summed E-state index contributed by atoms with van der Waals surface area (Å²) in [5.41, 5.74) is -0.877. The van der Waals surface area contributed by atoms with Gasteiger partial charge in [-0.15, -0.1) is 5.10 Å². The third-order valence-corrected chi connectivity index (χ3v) is 1.05. The topological polar surface area (TPSA) is 54.5 Å². The van der Waals surface area contributed by atoms with Gasteiger partial charge in [0.2, 0.25) is 0 Å². The number of aryl methyl sites for hydroxylation is 1. The zero-order valence-corrected chi connectivity index (χ0v) is 5.62. The molecule has 0 unspecified atom stereocenters. The third-order valence-electron chi connectivity index (χ3n) is 1.05. The van der Waals surface area contributed by atoms with Crippen molar-refractivity contribution in [1.29, 1.82) is 5.26 Å². The first-order chi connectivity index (χ1) is 5.15. The van der Waals surface area contributed by atoms with E-state index in [1.165, 1.54) is 13.1 Å². The molecule has 1 aromatic heterocycles. The molecule has 0 radical (unpaired) electrons. The van der Waals surface area contributed by atoms with Gasteiger partial charge in [0.1, 0.15) is 6.07 Å². The fourth-order valence-corrected chi connectivity index (χ4v) is 0.648. The average Bonchev–Trinajstić information content (AvgIpc) is 2.30. The van der Waals surface area contributed by atoms with Crippen LogP contribution in [0.3, 0.4) is 0 Å². The van der Waals surface area contributed by atoms with Crippen LogP contribution in [0.4, 0.5) is 8.78 Å². The minimum atomic E-state index is -2.74. The molecule has 0 fully saturated rings. The van der Waals surface area contributed by atoms with Crippen LogP contribution in [0.2, 0.25) is 0 Å². The van der Waals surface area contributed by atoms with Crippen molar-refractivity contribution in [3.8, 4) is 6.07 Å². The summed E-state index contributed by atoms with van der Waals surface area (Å²) < 4.78 is 23.9. The second-order valence-corrected chi connectivity index (χ2v) is 1.84. The summed E-state index contributed by atoms with van der Waals surface area (Å²) in [6.07, 6.45) is -2.74. The van der Waals surface area contributed by atoms with Crippen LogP contribution in [-0.2, 0) is 7.05 Å². The van der Waals surface area contributed by atoms with Crippen LogP contribution in [-0.4, -0.2) is 15.0 Å². The zero-order valence-electron chi connectivity index (χ0n) is 5.62. The highest BCUT2D eigenvalue weighted by molar-refractivity contribution is 5.24. The number of halogens is 2. The van der Waals surface area contributed by atoms with Crippen molar-refractivity contribution in [3.63, 3.8) is 0 Å². The van der Waals surface area contributed by atoms with Crippen LogP contribution in [0.5, 0.6) is 0 Å². The first kappa shape index (κ1) is 7.60. The predicted octanol–water partition coefficient (Wildman–Crippen LogP) is 0.624. The van der Waals surface area contributed by atoms with Crippen molar-refractivity contribution in [2.45, 2.75) is 6.43 Å². The number of aromatic nitrogens is 3. The molecule has 58 valence electrons. The predicted molar refractivity (Wildman–Crippen MR) is 30.7 cm³/mol. The molecule has 0 spiro atoms. The number of alkyl halides is 2. The van der Waals surface area contributed by atoms with Gasteiger partial charge < -0.3 is 0 Å². The van der Waals surface area contributed by atoms with E-state index in [-0.39, 0.29) is 5.69 Å². The molecule has 0 N–H and O–H groups in total. The van der Waals surface area contributed by atoms with E-state index in [2.05, 4.69) is 10.2 Å². The molecular weight excluding hydrogens is 154 g/mol. The largest absolute Gasteiger partial charge is 0.285 e. The molecule has 0 bridgehead atoms. The zero-order chi connectivity index (χ0) is 8.43. The van der Waals surface area contributed by atoms with E-state index >= 15 is 0 Å². The molecular formula is C5H4F2N4. The summed E-state index contributed by atoms with van der Waals surface area (Å²) in [6.45, 7) is 0. The highest BCUT2D eigenvalue weighted by Gasteiger charge is 2.18. The van der Waals surface area contributed by atoms with Crippen molar-refractivity contribution >= 4 is 0 Å². The van der Waals surface area contributed by atoms with Crippen LogP contribution < -0.4 is 0 Å².